The SMILES string of the molecule is [2H]C([2H])([2H])Oc1cc(O)c(-c2nnc(N[C@@H]3CCCN(C)C3)n3cccc23)c(F)c1. The predicted molar refractivity (Wildman–Crippen MR) is 101 cm³/mol. The van der Waals surface area contributed by atoms with Crippen LogP contribution in [-0.2, 0) is 0 Å². The summed E-state index contributed by atoms with van der Waals surface area (Å²) in [6, 6.07) is 5.70. The number of fused-ring (bicyclic) bond motifs is 1. The van der Waals surface area contributed by atoms with Crippen LogP contribution in [0.1, 0.15) is 17.0 Å². The first-order valence-corrected chi connectivity index (χ1v) is 8.72. The standard InChI is InChI=1S/C19H22FN5O2/c1-24-7-3-5-12(11-24)21-19-23-22-18(15-6-4-8-25(15)19)17-14(20)9-13(27-2)10-16(17)26/h4,6,8-10,12,26H,3,5,7,11H2,1-2H3,(H,21,23)/t12-/m1/s1/i2D3. The van der Waals surface area contributed by atoms with Crippen LogP contribution in [0, 0.1) is 5.82 Å². The molecule has 1 aliphatic rings. The molecule has 0 amide bonds. The number of hydrogen-bond acceptors (Lipinski definition) is 6. The molecule has 2 N–H and O–H groups in total. The molecular formula is C19H22FN5O2. The molecule has 1 fully saturated rings. The minimum atomic E-state index is -2.75. The number of nitrogens with one attached hydrogen (secondary N) is 1. The highest BCUT2D eigenvalue weighted by molar-refractivity contribution is 5.82. The van der Waals surface area contributed by atoms with E-state index in [2.05, 4.69) is 32.2 Å². The van der Waals surface area contributed by atoms with Gasteiger partial charge in [0.05, 0.1) is 22.2 Å². The van der Waals surface area contributed by atoms with Crippen molar-refractivity contribution in [3.8, 4) is 22.8 Å². The van der Waals surface area contributed by atoms with Crippen LogP contribution < -0.4 is 10.1 Å². The van der Waals surface area contributed by atoms with Crippen molar-refractivity contribution in [3.05, 3.63) is 36.3 Å². The number of anilines is 1. The van der Waals surface area contributed by atoms with Crippen molar-refractivity contribution in [1.82, 2.24) is 19.5 Å². The maximum atomic E-state index is 14.8. The number of aromatic nitrogens is 3. The summed E-state index contributed by atoms with van der Waals surface area (Å²) in [5, 5.41) is 22.2. The highest BCUT2D eigenvalue weighted by Gasteiger charge is 2.22. The lowest BCUT2D eigenvalue weighted by molar-refractivity contribution is 0.260. The number of likely N-dealkylation sites (tertiary alicyclic amines) is 1. The molecule has 1 aromatic carbocycles. The van der Waals surface area contributed by atoms with Crippen LogP contribution >= 0.6 is 0 Å². The van der Waals surface area contributed by atoms with E-state index < -0.39 is 18.6 Å². The fourth-order valence-electron chi connectivity index (χ4n) is 3.56. The number of benzene rings is 1. The fraction of sp³-hybridized carbons (Fsp3) is 0.368. The lowest BCUT2D eigenvalue weighted by atomic mass is 10.1. The van der Waals surface area contributed by atoms with Crippen LogP contribution in [0.2, 0.25) is 0 Å². The quantitative estimate of drug-likeness (QED) is 0.731. The number of piperidine rings is 1. The van der Waals surface area contributed by atoms with E-state index in [9.17, 15) is 9.50 Å². The van der Waals surface area contributed by atoms with Crippen molar-refractivity contribution >= 4 is 11.5 Å². The molecule has 1 saturated heterocycles. The van der Waals surface area contributed by atoms with Gasteiger partial charge in [-0.25, -0.2) is 4.39 Å². The van der Waals surface area contributed by atoms with Gasteiger partial charge in [0.1, 0.15) is 23.0 Å². The molecule has 0 saturated carbocycles. The lowest BCUT2D eigenvalue weighted by Crippen LogP contribution is -2.40. The zero-order chi connectivity index (χ0) is 21.5. The van der Waals surface area contributed by atoms with E-state index >= 15 is 0 Å². The average Bonchev–Trinajstić information content (AvgIpc) is 3.12. The van der Waals surface area contributed by atoms with Crippen molar-refractivity contribution in [2.24, 2.45) is 0 Å². The smallest absolute Gasteiger partial charge is 0.228 e. The number of rotatable bonds is 4. The van der Waals surface area contributed by atoms with E-state index in [0.717, 1.165) is 38.1 Å². The van der Waals surface area contributed by atoms with Crippen molar-refractivity contribution in [3.63, 3.8) is 0 Å². The number of ether oxygens (including phenoxy) is 1. The summed E-state index contributed by atoms with van der Waals surface area (Å²) in [7, 11) is -0.686. The van der Waals surface area contributed by atoms with Gasteiger partial charge in [0, 0.05) is 30.9 Å². The first-order chi connectivity index (χ1) is 14.2. The van der Waals surface area contributed by atoms with Gasteiger partial charge in [-0.1, -0.05) is 0 Å². The topological polar surface area (TPSA) is 74.9 Å². The Hall–Kier alpha value is -2.87. The highest BCUT2D eigenvalue weighted by atomic mass is 19.1. The zero-order valence-electron chi connectivity index (χ0n) is 17.8. The fourth-order valence-corrected chi connectivity index (χ4v) is 3.56. The largest absolute Gasteiger partial charge is 0.507 e. The summed E-state index contributed by atoms with van der Waals surface area (Å²) in [5.41, 5.74) is 0.519. The Kier molecular flexibility index (Phi) is 3.70. The number of methoxy groups -OCH3 is 1. The molecule has 4 rings (SSSR count). The van der Waals surface area contributed by atoms with Crippen molar-refractivity contribution < 1.29 is 18.3 Å². The Morgan fingerprint density at radius 3 is 3.07 bits per heavy atom. The molecule has 8 heteroatoms. The predicted octanol–water partition coefficient (Wildman–Crippen LogP) is 2.76. The van der Waals surface area contributed by atoms with Gasteiger partial charge in [0.25, 0.3) is 0 Å². The zero-order valence-corrected chi connectivity index (χ0v) is 14.8. The minimum absolute atomic E-state index is 0.141. The molecule has 142 valence electrons. The summed E-state index contributed by atoms with van der Waals surface area (Å²) in [6.45, 7) is 1.94. The van der Waals surface area contributed by atoms with Crippen LogP contribution in [0.15, 0.2) is 30.5 Å². The number of aromatic hydroxyl groups is 1. The van der Waals surface area contributed by atoms with Gasteiger partial charge < -0.3 is 20.1 Å². The molecule has 0 bridgehead atoms. The van der Waals surface area contributed by atoms with Crippen LogP contribution in [0.25, 0.3) is 16.8 Å². The van der Waals surface area contributed by atoms with Gasteiger partial charge >= 0.3 is 0 Å². The van der Waals surface area contributed by atoms with E-state index in [-0.39, 0.29) is 23.0 Å². The Morgan fingerprint density at radius 2 is 2.30 bits per heavy atom. The Morgan fingerprint density at radius 1 is 1.41 bits per heavy atom. The Labute approximate surface area is 160 Å². The van der Waals surface area contributed by atoms with Gasteiger partial charge in [-0.3, -0.25) is 4.40 Å². The molecule has 0 aliphatic carbocycles. The number of phenolic OH excluding ortho intramolecular Hbond substituents is 1. The number of hydrogen-bond donors (Lipinski definition) is 2. The molecule has 3 aromatic rings. The van der Waals surface area contributed by atoms with Crippen molar-refractivity contribution in [2.75, 3.05) is 32.5 Å². The molecule has 0 spiro atoms. The third kappa shape index (κ3) is 3.28. The molecule has 0 radical (unpaired) electrons. The third-order valence-corrected chi connectivity index (χ3v) is 4.82. The summed E-state index contributed by atoms with van der Waals surface area (Å²) < 4.78 is 42.6. The van der Waals surface area contributed by atoms with E-state index in [4.69, 9.17) is 4.11 Å². The summed E-state index contributed by atoms with van der Waals surface area (Å²) in [4.78, 5) is 2.24. The van der Waals surface area contributed by atoms with Crippen molar-refractivity contribution in [2.45, 2.75) is 18.9 Å². The minimum Gasteiger partial charge on any atom is -0.507 e. The van der Waals surface area contributed by atoms with E-state index in [1.165, 1.54) is 0 Å². The van der Waals surface area contributed by atoms with Gasteiger partial charge in [0.15, 0.2) is 0 Å². The lowest BCUT2D eigenvalue weighted by Gasteiger charge is -2.30. The highest BCUT2D eigenvalue weighted by Crippen LogP contribution is 2.36. The number of halogens is 1. The summed E-state index contributed by atoms with van der Waals surface area (Å²) >= 11 is 0. The maximum absolute atomic E-state index is 14.8. The number of likely N-dealkylation sites (N-methyl/N-ethyl adjacent to an activating group) is 1. The van der Waals surface area contributed by atoms with Gasteiger partial charge in [-0.15, -0.1) is 10.2 Å². The molecule has 27 heavy (non-hydrogen) atoms. The van der Waals surface area contributed by atoms with E-state index in [1.54, 1.807) is 22.7 Å². The van der Waals surface area contributed by atoms with Crippen LogP contribution in [0.5, 0.6) is 11.5 Å². The second-order valence-corrected chi connectivity index (χ2v) is 6.78. The van der Waals surface area contributed by atoms with Gasteiger partial charge in [0.2, 0.25) is 5.95 Å². The molecule has 3 heterocycles. The van der Waals surface area contributed by atoms with Crippen LogP contribution in [0.4, 0.5) is 10.3 Å². The normalized spacial score (nSPS) is 20.1. The maximum Gasteiger partial charge on any atom is 0.228 e. The van der Waals surface area contributed by atoms with Crippen LogP contribution in [0.3, 0.4) is 0 Å². The summed E-state index contributed by atoms with van der Waals surface area (Å²) in [6.07, 6.45) is 3.87. The third-order valence-electron chi connectivity index (χ3n) is 4.82. The van der Waals surface area contributed by atoms with Gasteiger partial charge in [-0.2, -0.15) is 0 Å². The molecular weight excluding hydrogens is 349 g/mol. The second-order valence-electron chi connectivity index (χ2n) is 6.78. The van der Waals surface area contributed by atoms with Crippen LogP contribution in [-0.4, -0.2) is 57.8 Å². The van der Waals surface area contributed by atoms with E-state index in [0.29, 0.717) is 11.5 Å². The molecule has 7 nitrogen and oxygen atoms in total. The first kappa shape index (κ1) is 14.2. The number of nitrogens with zero attached hydrogens (tertiary/aromatic N) is 4. The summed E-state index contributed by atoms with van der Waals surface area (Å²) in [5.74, 6) is -1.11. The molecule has 1 aliphatic heterocycles. The number of phenols is 1. The first-order valence-electron chi connectivity index (χ1n) is 10.2. The van der Waals surface area contributed by atoms with Crippen molar-refractivity contribution in [1.29, 1.82) is 0 Å². The Balaban J connectivity index is 1.70. The Bertz CT molecular complexity index is 1050. The molecule has 2 aromatic heterocycles. The van der Waals surface area contributed by atoms with E-state index in [1.807, 2.05) is 0 Å². The monoisotopic (exact) mass is 374 g/mol. The molecule has 0 unspecified atom stereocenters. The van der Waals surface area contributed by atoms with Gasteiger partial charge in [-0.05, 0) is 38.6 Å². The second kappa shape index (κ2) is 7.03. The molecule has 1 atom stereocenters. The average molecular weight is 374 g/mol.